The second kappa shape index (κ2) is 8.50. The van der Waals surface area contributed by atoms with Crippen molar-refractivity contribution in [3.8, 4) is 5.75 Å². The van der Waals surface area contributed by atoms with Crippen molar-refractivity contribution < 1.29 is 26.3 Å². The second-order valence-corrected chi connectivity index (χ2v) is 8.26. The fourth-order valence-corrected chi connectivity index (χ4v) is 4.52. The first-order chi connectivity index (χ1) is 13.3. The van der Waals surface area contributed by atoms with E-state index in [2.05, 4.69) is 9.62 Å². The van der Waals surface area contributed by atoms with E-state index >= 15 is 0 Å². The quantitative estimate of drug-likeness (QED) is 0.707. The number of methoxy groups -OCH3 is 1. The van der Waals surface area contributed by atoms with E-state index in [4.69, 9.17) is 4.74 Å². The molecule has 1 N–H and O–H groups in total. The van der Waals surface area contributed by atoms with E-state index in [1.165, 1.54) is 7.11 Å². The first kappa shape index (κ1) is 20.6. The number of likely N-dealkylation sites (tertiary alicyclic amines) is 1. The van der Waals surface area contributed by atoms with Crippen molar-refractivity contribution in [2.24, 2.45) is 0 Å². The average molecular weight is 414 g/mol. The molecule has 1 atom stereocenters. The molecule has 3 rings (SSSR count). The van der Waals surface area contributed by atoms with E-state index < -0.39 is 32.4 Å². The fraction of sp³-hybridized carbons (Fsp3) is 0.368. The van der Waals surface area contributed by atoms with Crippen molar-refractivity contribution in [1.29, 1.82) is 0 Å². The molecule has 1 unspecified atom stereocenters. The standard InChI is InChI=1S/C19H21F3N2O3S/c1-27-16-7-3-2-6-13(16)15(24-10-4-5-11-24)12-23-28(25,26)17-9-8-14(20)18(21)19(17)22/h2-3,6-9,15,23H,4-5,10-12H2,1H3. The lowest BCUT2D eigenvalue weighted by Gasteiger charge is -2.29. The van der Waals surface area contributed by atoms with Gasteiger partial charge in [-0.05, 0) is 44.1 Å². The fourth-order valence-electron chi connectivity index (χ4n) is 3.41. The number of rotatable bonds is 7. The number of benzene rings is 2. The van der Waals surface area contributed by atoms with Gasteiger partial charge in [-0.3, -0.25) is 4.90 Å². The van der Waals surface area contributed by atoms with Crippen LogP contribution in [0.3, 0.4) is 0 Å². The molecule has 1 aliphatic rings. The summed E-state index contributed by atoms with van der Waals surface area (Å²) in [7, 11) is -2.85. The molecular formula is C19H21F3N2O3S. The largest absolute Gasteiger partial charge is 0.496 e. The molecule has 0 aromatic heterocycles. The highest BCUT2D eigenvalue weighted by atomic mass is 32.2. The predicted molar refractivity (Wildman–Crippen MR) is 98.0 cm³/mol. The Morgan fingerprint density at radius 3 is 2.43 bits per heavy atom. The van der Waals surface area contributed by atoms with Gasteiger partial charge >= 0.3 is 0 Å². The van der Waals surface area contributed by atoms with E-state index in [1.54, 1.807) is 6.07 Å². The summed E-state index contributed by atoms with van der Waals surface area (Å²) in [6.07, 6.45) is 1.96. The zero-order valence-electron chi connectivity index (χ0n) is 15.3. The van der Waals surface area contributed by atoms with Gasteiger partial charge in [0.25, 0.3) is 0 Å². The summed E-state index contributed by atoms with van der Waals surface area (Å²) in [4.78, 5) is 1.19. The molecule has 0 saturated carbocycles. The normalized spacial score (nSPS) is 16.3. The van der Waals surface area contributed by atoms with Gasteiger partial charge in [-0.1, -0.05) is 18.2 Å². The molecule has 152 valence electrons. The number of hydrogen-bond donors (Lipinski definition) is 1. The number of sulfonamides is 1. The van der Waals surface area contributed by atoms with Gasteiger partial charge in [0.1, 0.15) is 10.6 Å². The smallest absolute Gasteiger partial charge is 0.243 e. The highest BCUT2D eigenvalue weighted by Crippen LogP contribution is 2.31. The maximum atomic E-state index is 14.0. The highest BCUT2D eigenvalue weighted by molar-refractivity contribution is 7.89. The Morgan fingerprint density at radius 1 is 1.07 bits per heavy atom. The molecule has 2 aromatic carbocycles. The molecule has 1 fully saturated rings. The lowest BCUT2D eigenvalue weighted by Crippen LogP contribution is -2.37. The van der Waals surface area contributed by atoms with Gasteiger partial charge in [0.05, 0.1) is 13.2 Å². The summed E-state index contributed by atoms with van der Waals surface area (Å²) in [5.74, 6) is -4.38. The van der Waals surface area contributed by atoms with Crippen molar-refractivity contribution in [2.75, 3.05) is 26.7 Å². The number of nitrogens with one attached hydrogen (secondary N) is 1. The lowest BCUT2D eigenvalue weighted by molar-refractivity contribution is 0.240. The van der Waals surface area contributed by atoms with E-state index in [-0.39, 0.29) is 12.6 Å². The number of nitrogens with zero attached hydrogens (tertiary/aromatic N) is 1. The Balaban J connectivity index is 1.89. The maximum Gasteiger partial charge on any atom is 0.243 e. The van der Waals surface area contributed by atoms with Crippen LogP contribution >= 0.6 is 0 Å². The maximum absolute atomic E-state index is 14.0. The molecule has 0 aliphatic carbocycles. The van der Waals surface area contributed by atoms with Gasteiger partial charge in [0, 0.05) is 12.1 Å². The van der Waals surface area contributed by atoms with Crippen molar-refractivity contribution in [3.05, 3.63) is 59.4 Å². The van der Waals surface area contributed by atoms with E-state index in [0.29, 0.717) is 17.9 Å². The Kier molecular flexibility index (Phi) is 6.26. The van der Waals surface area contributed by atoms with Crippen molar-refractivity contribution in [2.45, 2.75) is 23.8 Å². The summed E-state index contributed by atoms with van der Waals surface area (Å²) in [5.41, 5.74) is 0.792. The molecule has 1 aliphatic heterocycles. The highest BCUT2D eigenvalue weighted by Gasteiger charge is 2.29. The van der Waals surface area contributed by atoms with E-state index in [0.717, 1.165) is 31.5 Å². The molecular weight excluding hydrogens is 393 g/mol. The number of halogens is 3. The SMILES string of the molecule is COc1ccccc1C(CNS(=O)(=O)c1ccc(F)c(F)c1F)N1CCCC1. The third-order valence-electron chi connectivity index (χ3n) is 4.84. The minimum Gasteiger partial charge on any atom is -0.496 e. The zero-order chi connectivity index (χ0) is 20.3. The summed E-state index contributed by atoms with van der Waals surface area (Å²) in [5, 5.41) is 0. The number of ether oxygens (including phenoxy) is 1. The van der Waals surface area contributed by atoms with Gasteiger partial charge < -0.3 is 4.74 Å². The summed E-state index contributed by atoms with van der Waals surface area (Å²) >= 11 is 0. The van der Waals surface area contributed by atoms with Gasteiger partial charge in [0.2, 0.25) is 10.0 Å². The van der Waals surface area contributed by atoms with Crippen LogP contribution in [0.1, 0.15) is 24.4 Å². The van der Waals surface area contributed by atoms with Crippen molar-refractivity contribution in [3.63, 3.8) is 0 Å². The van der Waals surface area contributed by atoms with Crippen LogP contribution in [-0.2, 0) is 10.0 Å². The van der Waals surface area contributed by atoms with E-state index in [1.807, 2.05) is 18.2 Å². The van der Waals surface area contributed by atoms with Gasteiger partial charge in [-0.15, -0.1) is 0 Å². The van der Waals surface area contributed by atoms with Gasteiger partial charge in [-0.2, -0.15) is 0 Å². The van der Waals surface area contributed by atoms with Crippen LogP contribution < -0.4 is 9.46 Å². The molecule has 28 heavy (non-hydrogen) atoms. The third-order valence-corrected chi connectivity index (χ3v) is 6.28. The molecule has 1 heterocycles. The molecule has 9 heteroatoms. The first-order valence-corrected chi connectivity index (χ1v) is 10.3. The lowest BCUT2D eigenvalue weighted by atomic mass is 10.0. The molecule has 0 bridgehead atoms. The zero-order valence-corrected chi connectivity index (χ0v) is 16.1. The van der Waals surface area contributed by atoms with Crippen LogP contribution in [0.4, 0.5) is 13.2 Å². The van der Waals surface area contributed by atoms with E-state index in [9.17, 15) is 21.6 Å². The van der Waals surface area contributed by atoms with Crippen molar-refractivity contribution >= 4 is 10.0 Å². The van der Waals surface area contributed by atoms with Crippen LogP contribution in [0.15, 0.2) is 41.3 Å². The molecule has 0 radical (unpaired) electrons. The minimum absolute atomic E-state index is 0.0683. The van der Waals surface area contributed by atoms with Crippen LogP contribution in [0.2, 0.25) is 0 Å². The van der Waals surface area contributed by atoms with Crippen LogP contribution in [0, 0.1) is 17.5 Å². The van der Waals surface area contributed by atoms with Crippen molar-refractivity contribution in [1.82, 2.24) is 9.62 Å². The Hall–Kier alpha value is -2.10. The molecule has 5 nitrogen and oxygen atoms in total. The number of para-hydroxylation sites is 1. The summed E-state index contributed by atoms with van der Waals surface area (Å²) in [6.45, 7) is 1.50. The number of hydrogen-bond acceptors (Lipinski definition) is 4. The summed E-state index contributed by atoms with van der Waals surface area (Å²) in [6, 6.07) is 8.21. The van der Waals surface area contributed by atoms with Gasteiger partial charge in [0.15, 0.2) is 17.5 Å². The monoisotopic (exact) mass is 414 g/mol. The molecule has 0 amide bonds. The molecule has 2 aromatic rings. The topological polar surface area (TPSA) is 58.6 Å². The summed E-state index contributed by atoms with van der Waals surface area (Å²) < 4.78 is 73.3. The first-order valence-electron chi connectivity index (χ1n) is 8.85. The minimum atomic E-state index is -4.38. The van der Waals surface area contributed by atoms with Gasteiger partial charge in [-0.25, -0.2) is 26.3 Å². The predicted octanol–water partition coefficient (Wildman–Crippen LogP) is 3.23. The van der Waals surface area contributed by atoms with Crippen LogP contribution in [0.25, 0.3) is 0 Å². The average Bonchev–Trinajstić information content (AvgIpc) is 3.21. The molecule has 1 saturated heterocycles. The Morgan fingerprint density at radius 2 is 1.75 bits per heavy atom. The van der Waals surface area contributed by atoms with Crippen LogP contribution in [0.5, 0.6) is 5.75 Å². The third kappa shape index (κ3) is 4.16. The second-order valence-electron chi connectivity index (χ2n) is 6.53. The van der Waals surface area contributed by atoms with Crippen LogP contribution in [-0.4, -0.2) is 40.1 Å². The Bertz CT molecular complexity index is 947. The Labute approximate surface area is 162 Å². The molecule has 0 spiro atoms.